The number of anilines is 2. The molecule has 1 atom stereocenters. The second kappa shape index (κ2) is 10.8. The molecule has 0 unspecified atom stereocenters. The molecule has 0 spiro atoms. The maximum Gasteiger partial charge on any atom is 0.337 e. The van der Waals surface area contributed by atoms with Crippen LogP contribution in [0.2, 0.25) is 0 Å². The number of carbonyl (C=O) groups excluding carboxylic acids is 2. The molecule has 1 aliphatic carbocycles. The summed E-state index contributed by atoms with van der Waals surface area (Å²) < 4.78 is 15.7. The maximum atomic E-state index is 13.5. The van der Waals surface area contributed by atoms with Gasteiger partial charge < -0.3 is 24.8 Å². The highest BCUT2D eigenvalue weighted by Gasteiger charge is 2.28. The van der Waals surface area contributed by atoms with Crippen LogP contribution in [0, 0.1) is 5.92 Å². The summed E-state index contributed by atoms with van der Waals surface area (Å²) in [6, 6.07) is 12.5. The number of para-hydroxylation sites is 1. The van der Waals surface area contributed by atoms with Crippen molar-refractivity contribution in [3.63, 3.8) is 0 Å². The highest BCUT2D eigenvalue weighted by Crippen LogP contribution is 2.41. The number of hydrogen-bond acceptors (Lipinski definition) is 7. The topological polar surface area (TPSA) is 85.9 Å². The van der Waals surface area contributed by atoms with E-state index in [2.05, 4.69) is 17.6 Å². The number of carbonyl (C=O) groups is 2. The molecule has 0 saturated heterocycles. The Balaban J connectivity index is 1.60. The fourth-order valence-electron chi connectivity index (χ4n) is 4.39. The summed E-state index contributed by atoms with van der Waals surface area (Å²) in [4.78, 5) is 26.4. The molecule has 4 rings (SSSR count). The van der Waals surface area contributed by atoms with Gasteiger partial charge in [0.1, 0.15) is 5.00 Å². The van der Waals surface area contributed by atoms with Gasteiger partial charge in [-0.1, -0.05) is 19.1 Å². The first kappa shape index (κ1) is 24.6. The quantitative estimate of drug-likeness (QED) is 0.400. The summed E-state index contributed by atoms with van der Waals surface area (Å²) in [5.74, 6) is 1.36. The number of benzene rings is 2. The van der Waals surface area contributed by atoms with Crippen molar-refractivity contribution < 1.29 is 23.8 Å². The standard InChI is InChI=1S/C27H30N2O5S/c1-16-8-13-20-22(14-16)35-26(28-15-18-6-5-7-21(32-2)24(18)33-3)23(20)25(30)29-19-11-9-17(10-12-19)27(31)34-4/h5-7,9-12,16,28H,8,13-15H2,1-4H3,(H,29,30)/t16-/m0/s1. The first-order chi connectivity index (χ1) is 16.9. The van der Waals surface area contributed by atoms with Gasteiger partial charge in [0.2, 0.25) is 0 Å². The van der Waals surface area contributed by atoms with Gasteiger partial charge in [0, 0.05) is 22.7 Å². The lowest BCUT2D eigenvalue weighted by atomic mass is 9.88. The number of ether oxygens (including phenoxy) is 3. The van der Waals surface area contributed by atoms with Gasteiger partial charge >= 0.3 is 5.97 Å². The van der Waals surface area contributed by atoms with Crippen molar-refractivity contribution in [1.29, 1.82) is 0 Å². The number of hydrogen-bond donors (Lipinski definition) is 2. The smallest absolute Gasteiger partial charge is 0.337 e. The third-order valence-electron chi connectivity index (χ3n) is 6.23. The number of rotatable bonds is 8. The average molecular weight is 495 g/mol. The van der Waals surface area contributed by atoms with Gasteiger partial charge in [-0.3, -0.25) is 4.79 Å². The van der Waals surface area contributed by atoms with E-state index in [1.165, 1.54) is 12.0 Å². The summed E-state index contributed by atoms with van der Waals surface area (Å²) in [5, 5.41) is 7.33. The lowest BCUT2D eigenvalue weighted by Crippen LogP contribution is -2.18. The second-order valence-corrected chi connectivity index (χ2v) is 9.69. The minimum Gasteiger partial charge on any atom is -0.493 e. The Hall–Kier alpha value is -3.52. The predicted molar refractivity (Wildman–Crippen MR) is 138 cm³/mol. The van der Waals surface area contributed by atoms with Crippen LogP contribution in [-0.4, -0.2) is 33.2 Å². The Morgan fingerprint density at radius 2 is 1.83 bits per heavy atom. The van der Waals surface area contributed by atoms with E-state index in [4.69, 9.17) is 14.2 Å². The molecular weight excluding hydrogens is 464 g/mol. The number of amides is 1. The van der Waals surface area contributed by atoms with Crippen LogP contribution >= 0.6 is 11.3 Å². The fourth-order valence-corrected chi connectivity index (χ4v) is 5.79. The predicted octanol–water partition coefficient (Wildman–Crippen LogP) is 5.54. The average Bonchev–Trinajstić information content (AvgIpc) is 3.24. The minimum absolute atomic E-state index is 0.164. The maximum absolute atomic E-state index is 13.5. The van der Waals surface area contributed by atoms with Crippen LogP contribution < -0.4 is 20.1 Å². The molecule has 0 aliphatic heterocycles. The minimum atomic E-state index is -0.414. The third-order valence-corrected chi connectivity index (χ3v) is 7.44. The summed E-state index contributed by atoms with van der Waals surface area (Å²) >= 11 is 1.65. The molecule has 3 aromatic rings. The third kappa shape index (κ3) is 5.27. The highest BCUT2D eigenvalue weighted by atomic mass is 32.1. The molecule has 0 fully saturated rings. The molecule has 1 aliphatic rings. The molecule has 0 radical (unpaired) electrons. The van der Waals surface area contributed by atoms with Crippen LogP contribution in [0.5, 0.6) is 11.5 Å². The van der Waals surface area contributed by atoms with Crippen LogP contribution in [0.25, 0.3) is 0 Å². The molecule has 0 bridgehead atoms. The van der Waals surface area contributed by atoms with E-state index >= 15 is 0 Å². The number of thiophene rings is 1. The van der Waals surface area contributed by atoms with Crippen LogP contribution in [0.4, 0.5) is 10.7 Å². The molecular formula is C27H30N2O5S. The van der Waals surface area contributed by atoms with E-state index in [1.807, 2.05) is 18.2 Å². The van der Waals surface area contributed by atoms with Crippen molar-refractivity contribution in [1.82, 2.24) is 0 Å². The lowest BCUT2D eigenvalue weighted by molar-refractivity contribution is 0.0600. The van der Waals surface area contributed by atoms with Gasteiger partial charge in [-0.2, -0.15) is 0 Å². The Bertz CT molecular complexity index is 1220. The Morgan fingerprint density at radius 1 is 1.06 bits per heavy atom. The lowest BCUT2D eigenvalue weighted by Gasteiger charge is -2.19. The van der Waals surface area contributed by atoms with Crippen molar-refractivity contribution in [2.45, 2.75) is 32.7 Å². The Kier molecular flexibility index (Phi) is 7.60. The zero-order chi connectivity index (χ0) is 24.9. The zero-order valence-electron chi connectivity index (χ0n) is 20.4. The van der Waals surface area contributed by atoms with E-state index in [-0.39, 0.29) is 5.91 Å². The van der Waals surface area contributed by atoms with Gasteiger partial charge in [0.15, 0.2) is 11.5 Å². The number of methoxy groups -OCH3 is 3. The van der Waals surface area contributed by atoms with E-state index in [1.54, 1.807) is 49.8 Å². The van der Waals surface area contributed by atoms with E-state index < -0.39 is 5.97 Å². The highest BCUT2D eigenvalue weighted by molar-refractivity contribution is 7.16. The molecule has 8 heteroatoms. The largest absolute Gasteiger partial charge is 0.493 e. The SMILES string of the molecule is COC(=O)c1ccc(NC(=O)c2c(NCc3cccc(OC)c3OC)sc3c2CC[C@H](C)C3)cc1. The van der Waals surface area contributed by atoms with Crippen molar-refractivity contribution in [2.24, 2.45) is 5.92 Å². The molecule has 7 nitrogen and oxygen atoms in total. The Labute approximate surface area is 209 Å². The first-order valence-electron chi connectivity index (χ1n) is 11.5. The fraction of sp³-hybridized carbons (Fsp3) is 0.333. The molecule has 1 aromatic heterocycles. The van der Waals surface area contributed by atoms with Crippen molar-refractivity contribution in [2.75, 3.05) is 32.0 Å². The molecule has 35 heavy (non-hydrogen) atoms. The van der Waals surface area contributed by atoms with E-state index in [0.29, 0.717) is 40.8 Å². The summed E-state index contributed by atoms with van der Waals surface area (Å²) in [6.45, 7) is 2.74. The molecule has 1 heterocycles. The van der Waals surface area contributed by atoms with Gasteiger partial charge in [0.25, 0.3) is 5.91 Å². The summed E-state index contributed by atoms with van der Waals surface area (Å²) in [7, 11) is 4.58. The van der Waals surface area contributed by atoms with Gasteiger partial charge in [-0.25, -0.2) is 4.79 Å². The Morgan fingerprint density at radius 3 is 2.51 bits per heavy atom. The van der Waals surface area contributed by atoms with E-state index in [0.717, 1.165) is 35.4 Å². The second-order valence-electron chi connectivity index (χ2n) is 8.59. The van der Waals surface area contributed by atoms with Crippen molar-refractivity contribution >= 4 is 33.9 Å². The van der Waals surface area contributed by atoms with Crippen LogP contribution in [0.3, 0.4) is 0 Å². The summed E-state index contributed by atoms with van der Waals surface area (Å²) in [6.07, 6.45) is 2.90. The van der Waals surface area contributed by atoms with Gasteiger partial charge in [0.05, 0.1) is 32.5 Å². The number of nitrogens with one attached hydrogen (secondary N) is 2. The molecule has 0 saturated carbocycles. The zero-order valence-corrected chi connectivity index (χ0v) is 21.2. The van der Waals surface area contributed by atoms with Crippen molar-refractivity contribution in [3.8, 4) is 11.5 Å². The van der Waals surface area contributed by atoms with Gasteiger partial charge in [-0.15, -0.1) is 11.3 Å². The summed E-state index contributed by atoms with van der Waals surface area (Å²) in [5.41, 5.74) is 3.80. The van der Waals surface area contributed by atoms with Crippen LogP contribution in [-0.2, 0) is 24.1 Å². The molecule has 2 N–H and O–H groups in total. The van der Waals surface area contributed by atoms with Gasteiger partial charge in [-0.05, 0) is 61.1 Å². The van der Waals surface area contributed by atoms with Crippen LogP contribution in [0.1, 0.15) is 50.1 Å². The molecule has 2 aromatic carbocycles. The monoisotopic (exact) mass is 494 g/mol. The number of fused-ring (bicyclic) bond motifs is 1. The first-order valence-corrected chi connectivity index (χ1v) is 12.3. The van der Waals surface area contributed by atoms with Crippen LogP contribution in [0.15, 0.2) is 42.5 Å². The van der Waals surface area contributed by atoms with Crippen molar-refractivity contribution in [3.05, 3.63) is 69.6 Å². The van der Waals surface area contributed by atoms with E-state index in [9.17, 15) is 9.59 Å². The molecule has 1 amide bonds. The normalized spacial score (nSPS) is 14.6. The molecule has 184 valence electrons. The number of esters is 1.